The maximum atomic E-state index is 12.8. The van der Waals surface area contributed by atoms with E-state index in [0.717, 1.165) is 37.3 Å². The first-order chi connectivity index (χ1) is 12.2. The van der Waals surface area contributed by atoms with Gasteiger partial charge in [-0.05, 0) is 58.6 Å². The monoisotopic (exact) mass is 361 g/mol. The standard InChI is InChI=1S/C21H35N3O2/c1-7-13-24(20(25)26-21(4,5)6)19-17(10-8-12-22-19)18-11-9-14-23(18)15-16(2)3/h8,10,12,16,18H,7,9,11,13-15H2,1-6H3/t18-/m1/s1. The summed E-state index contributed by atoms with van der Waals surface area (Å²) in [5.41, 5.74) is 0.625. The number of anilines is 1. The van der Waals surface area contributed by atoms with Crippen LogP contribution in [0.3, 0.4) is 0 Å². The van der Waals surface area contributed by atoms with Crippen molar-refractivity contribution < 1.29 is 9.53 Å². The van der Waals surface area contributed by atoms with Crippen LogP contribution in [0.5, 0.6) is 0 Å². The van der Waals surface area contributed by atoms with Gasteiger partial charge in [-0.3, -0.25) is 9.80 Å². The molecule has 0 unspecified atom stereocenters. The normalized spacial score (nSPS) is 18.3. The van der Waals surface area contributed by atoms with E-state index < -0.39 is 5.60 Å². The summed E-state index contributed by atoms with van der Waals surface area (Å²) in [6, 6.07) is 4.42. The molecule has 26 heavy (non-hydrogen) atoms. The average Bonchev–Trinajstić information content (AvgIpc) is 2.98. The molecule has 2 heterocycles. The third kappa shape index (κ3) is 5.44. The minimum Gasteiger partial charge on any atom is -0.443 e. The third-order valence-corrected chi connectivity index (χ3v) is 4.46. The van der Waals surface area contributed by atoms with Crippen molar-refractivity contribution in [2.24, 2.45) is 5.92 Å². The molecular formula is C21H35N3O2. The smallest absolute Gasteiger partial charge is 0.416 e. The van der Waals surface area contributed by atoms with Crippen LogP contribution in [-0.4, -0.2) is 41.2 Å². The minimum atomic E-state index is -0.519. The van der Waals surface area contributed by atoms with Gasteiger partial charge in [0.25, 0.3) is 0 Å². The van der Waals surface area contributed by atoms with Gasteiger partial charge in [-0.25, -0.2) is 9.78 Å². The van der Waals surface area contributed by atoms with Crippen molar-refractivity contribution in [2.75, 3.05) is 24.5 Å². The van der Waals surface area contributed by atoms with Crippen molar-refractivity contribution in [1.82, 2.24) is 9.88 Å². The number of hydrogen-bond acceptors (Lipinski definition) is 4. The highest BCUT2D eigenvalue weighted by molar-refractivity contribution is 5.87. The van der Waals surface area contributed by atoms with Gasteiger partial charge in [-0.2, -0.15) is 0 Å². The first kappa shape index (κ1) is 20.7. The Morgan fingerprint density at radius 3 is 2.77 bits per heavy atom. The quantitative estimate of drug-likeness (QED) is 0.713. The largest absolute Gasteiger partial charge is 0.443 e. The van der Waals surface area contributed by atoms with Crippen LogP contribution in [0.15, 0.2) is 18.3 Å². The van der Waals surface area contributed by atoms with E-state index in [2.05, 4.69) is 36.7 Å². The molecule has 1 amide bonds. The van der Waals surface area contributed by atoms with Crippen LogP contribution in [0.1, 0.15) is 72.4 Å². The molecule has 0 N–H and O–H groups in total. The van der Waals surface area contributed by atoms with Gasteiger partial charge in [0.1, 0.15) is 11.4 Å². The second kappa shape index (κ2) is 8.85. The van der Waals surface area contributed by atoms with Crippen LogP contribution in [0, 0.1) is 5.92 Å². The predicted molar refractivity (Wildman–Crippen MR) is 106 cm³/mol. The highest BCUT2D eigenvalue weighted by atomic mass is 16.6. The number of hydrogen-bond donors (Lipinski definition) is 0. The maximum absolute atomic E-state index is 12.8. The fourth-order valence-electron chi connectivity index (χ4n) is 3.59. The summed E-state index contributed by atoms with van der Waals surface area (Å²) in [5, 5.41) is 0. The van der Waals surface area contributed by atoms with Crippen LogP contribution in [-0.2, 0) is 4.74 Å². The fourth-order valence-corrected chi connectivity index (χ4v) is 3.59. The van der Waals surface area contributed by atoms with Gasteiger partial charge in [0.05, 0.1) is 0 Å². The summed E-state index contributed by atoms with van der Waals surface area (Å²) in [7, 11) is 0. The Hall–Kier alpha value is -1.62. The molecule has 1 aliphatic rings. The van der Waals surface area contributed by atoms with Crippen molar-refractivity contribution in [3.63, 3.8) is 0 Å². The van der Waals surface area contributed by atoms with Gasteiger partial charge >= 0.3 is 6.09 Å². The predicted octanol–water partition coefficient (Wildman–Crippen LogP) is 5.03. The molecule has 0 saturated carbocycles. The van der Waals surface area contributed by atoms with Crippen molar-refractivity contribution in [3.05, 3.63) is 23.9 Å². The fraction of sp³-hybridized carbons (Fsp3) is 0.714. The van der Waals surface area contributed by atoms with Crippen LogP contribution in [0.25, 0.3) is 0 Å². The second-order valence-electron chi connectivity index (χ2n) is 8.60. The highest BCUT2D eigenvalue weighted by Crippen LogP contribution is 2.37. The molecule has 0 bridgehead atoms. The topological polar surface area (TPSA) is 45.7 Å². The van der Waals surface area contributed by atoms with Gasteiger partial charge in [-0.1, -0.05) is 26.8 Å². The zero-order chi connectivity index (χ0) is 19.3. The Bertz CT molecular complexity index is 595. The lowest BCUT2D eigenvalue weighted by molar-refractivity contribution is 0.0578. The molecule has 0 radical (unpaired) electrons. The van der Waals surface area contributed by atoms with E-state index in [-0.39, 0.29) is 6.09 Å². The molecule has 0 aliphatic carbocycles. The van der Waals surface area contributed by atoms with E-state index in [9.17, 15) is 4.79 Å². The number of carbonyl (C=O) groups is 1. The van der Waals surface area contributed by atoms with E-state index in [1.54, 1.807) is 11.1 Å². The van der Waals surface area contributed by atoms with E-state index >= 15 is 0 Å². The van der Waals surface area contributed by atoms with E-state index in [0.29, 0.717) is 18.5 Å². The van der Waals surface area contributed by atoms with Gasteiger partial charge in [-0.15, -0.1) is 0 Å². The number of amides is 1. The molecule has 1 aromatic heterocycles. The lowest BCUT2D eigenvalue weighted by Crippen LogP contribution is -2.39. The molecule has 1 aromatic rings. The Kier molecular flexibility index (Phi) is 7.04. The van der Waals surface area contributed by atoms with Gasteiger partial charge in [0.2, 0.25) is 0 Å². The van der Waals surface area contributed by atoms with Crippen molar-refractivity contribution >= 4 is 11.9 Å². The number of ether oxygens (including phenoxy) is 1. The van der Waals surface area contributed by atoms with E-state index in [1.807, 2.05) is 26.8 Å². The number of likely N-dealkylation sites (tertiary alicyclic amines) is 1. The summed E-state index contributed by atoms with van der Waals surface area (Å²) in [5.74, 6) is 1.37. The zero-order valence-electron chi connectivity index (χ0n) is 17.3. The molecular weight excluding hydrogens is 326 g/mol. The van der Waals surface area contributed by atoms with Crippen molar-refractivity contribution in [1.29, 1.82) is 0 Å². The van der Waals surface area contributed by atoms with E-state index in [1.165, 1.54) is 6.42 Å². The average molecular weight is 362 g/mol. The highest BCUT2D eigenvalue weighted by Gasteiger charge is 2.32. The molecule has 5 heteroatoms. The summed E-state index contributed by atoms with van der Waals surface area (Å²) in [6.45, 7) is 15.1. The number of nitrogens with zero attached hydrogens (tertiary/aromatic N) is 3. The molecule has 5 nitrogen and oxygen atoms in total. The molecule has 2 rings (SSSR count). The Labute approximate surface area is 158 Å². The Balaban J connectivity index is 2.34. The van der Waals surface area contributed by atoms with Crippen molar-refractivity contribution in [2.45, 2.75) is 72.4 Å². The van der Waals surface area contributed by atoms with E-state index in [4.69, 9.17) is 4.74 Å². The molecule has 0 spiro atoms. The molecule has 0 aromatic carbocycles. The van der Waals surface area contributed by atoms with Crippen molar-refractivity contribution in [3.8, 4) is 0 Å². The summed E-state index contributed by atoms with van der Waals surface area (Å²) >= 11 is 0. The number of pyridine rings is 1. The number of aromatic nitrogens is 1. The number of rotatable bonds is 6. The van der Waals surface area contributed by atoms with Gasteiger partial charge < -0.3 is 4.74 Å². The first-order valence-electron chi connectivity index (χ1n) is 9.92. The van der Waals surface area contributed by atoms with Crippen LogP contribution < -0.4 is 4.90 Å². The number of carbonyl (C=O) groups excluding carboxylic acids is 1. The molecule has 1 saturated heterocycles. The van der Waals surface area contributed by atoms with Gasteiger partial charge in [0.15, 0.2) is 0 Å². The molecule has 1 fully saturated rings. The molecule has 1 atom stereocenters. The maximum Gasteiger partial charge on any atom is 0.416 e. The summed E-state index contributed by atoms with van der Waals surface area (Å²) in [6.07, 6.45) is 4.61. The van der Waals surface area contributed by atoms with Gasteiger partial charge in [0, 0.05) is 30.9 Å². The Morgan fingerprint density at radius 1 is 1.42 bits per heavy atom. The SMILES string of the molecule is CCCN(C(=O)OC(C)(C)C)c1ncccc1[C@H]1CCCN1CC(C)C. The minimum absolute atomic E-state index is 0.312. The zero-order valence-corrected chi connectivity index (χ0v) is 17.3. The first-order valence-corrected chi connectivity index (χ1v) is 9.92. The van der Waals surface area contributed by atoms with Crippen LogP contribution in [0.4, 0.5) is 10.6 Å². The summed E-state index contributed by atoms with van der Waals surface area (Å²) in [4.78, 5) is 21.7. The molecule has 146 valence electrons. The molecule has 1 aliphatic heterocycles. The van der Waals surface area contributed by atoms with Crippen LogP contribution >= 0.6 is 0 Å². The lowest BCUT2D eigenvalue weighted by atomic mass is 10.0. The van der Waals surface area contributed by atoms with Crippen LogP contribution in [0.2, 0.25) is 0 Å². The Morgan fingerprint density at radius 2 is 2.15 bits per heavy atom. The summed E-state index contributed by atoms with van der Waals surface area (Å²) < 4.78 is 5.65. The second-order valence-corrected chi connectivity index (χ2v) is 8.60. The third-order valence-electron chi connectivity index (χ3n) is 4.46. The lowest BCUT2D eigenvalue weighted by Gasteiger charge is -2.31.